The van der Waals surface area contributed by atoms with Gasteiger partial charge in [0, 0.05) is 0 Å². The molecule has 0 heterocycles. The number of carbonyl (C=O) groups excluding carboxylic acids is 1. The van der Waals surface area contributed by atoms with Gasteiger partial charge in [-0.05, 0) is 17.2 Å². The maximum Gasteiger partial charge on any atom is 0.334 e. The Kier molecular flexibility index (Phi) is 1.89. The Balaban J connectivity index is 2.20. The van der Waals surface area contributed by atoms with Crippen molar-refractivity contribution < 1.29 is 9.53 Å². The molecule has 2 N–H and O–H groups in total. The van der Waals surface area contributed by atoms with E-state index in [1.165, 1.54) is 7.11 Å². The molecule has 1 aromatic carbocycles. The lowest BCUT2D eigenvalue weighted by molar-refractivity contribution is -0.142. The van der Waals surface area contributed by atoms with Crippen LogP contribution in [-0.2, 0) is 9.53 Å². The number of methoxy groups -OCH3 is 1. The summed E-state index contributed by atoms with van der Waals surface area (Å²) in [6, 6.07) is 9.58. The molecule has 0 saturated carbocycles. The molecule has 1 aliphatic rings. The van der Waals surface area contributed by atoms with Gasteiger partial charge in [-0.1, -0.05) is 30.3 Å². The first-order chi connectivity index (χ1) is 6.68. The lowest BCUT2D eigenvalue weighted by atomic mass is 10.1. The van der Waals surface area contributed by atoms with Crippen LogP contribution in [0.3, 0.4) is 0 Å². The maximum atomic E-state index is 11.3. The van der Waals surface area contributed by atoms with Gasteiger partial charge in [-0.2, -0.15) is 0 Å². The van der Waals surface area contributed by atoms with E-state index in [2.05, 4.69) is 4.74 Å². The van der Waals surface area contributed by atoms with E-state index in [4.69, 9.17) is 5.73 Å². The molecule has 14 heavy (non-hydrogen) atoms. The summed E-state index contributed by atoms with van der Waals surface area (Å²) in [6.07, 6.45) is 1.72. The largest absolute Gasteiger partial charge is 0.467 e. The first-order valence-electron chi connectivity index (χ1n) is 4.34. The molecule has 1 atom stereocenters. The Morgan fingerprint density at radius 3 is 2.57 bits per heavy atom. The second-order valence-corrected chi connectivity index (χ2v) is 3.28. The van der Waals surface area contributed by atoms with Crippen molar-refractivity contribution in [2.45, 2.75) is 5.54 Å². The van der Waals surface area contributed by atoms with E-state index < -0.39 is 11.5 Å². The predicted octanol–water partition coefficient (Wildman–Crippen LogP) is 0.954. The molecule has 0 aliphatic heterocycles. The molecule has 1 aliphatic carbocycles. The van der Waals surface area contributed by atoms with Crippen LogP contribution in [-0.4, -0.2) is 18.6 Å². The first kappa shape index (κ1) is 8.97. The van der Waals surface area contributed by atoms with Gasteiger partial charge >= 0.3 is 5.97 Å². The van der Waals surface area contributed by atoms with Crippen LogP contribution in [0.2, 0.25) is 0 Å². The van der Waals surface area contributed by atoms with Crippen molar-refractivity contribution in [3.8, 4) is 0 Å². The minimum atomic E-state index is -0.990. The Morgan fingerprint density at radius 2 is 2.00 bits per heavy atom. The van der Waals surface area contributed by atoms with Crippen LogP contribution >= 0.6 is 0 Å². The number of rotatable bonds is 2. The van der Waals surface area contributed by atoms with Gasteiger partial charge in [-0.3, -0.25) is 0 Å². The summed E-state index contributed by atoms with van der Waals surface area (Å²) in [6.45, 7) is 0. The number of hydrogen-bond donors (Lipinski definition) is 1. The fourth-order valence-corrected chi connectivity index (χ4v) is 1.47. The summed E-state index contributed by atoms with van der Waals surface area (Å²) >= 11 is 0. The van der Waals surface area contributed by atoms with E-state index in [1.54, 1.807) is 6.08 Å². The minimum absolute atomic E-state index is 0.406. The smallest absolute Gasteiger partial charge is 0.334 e. The quantitative estimate of drug-likeness (QED) is 0.705. The van der Waals surface area contributed by atoms with E-state index in [1.807, 2.05) is 30.3 Å². The van der Waals surface area contributed by atoms with Gasteiger partial charge in [-0.25, -0.2) is 4.79 Å². The monoisotopic (exact) mass is 189 g/mol. The molecule has 0 aromatic heterocycles. The van der Waals surface area contributed by atoms with Crippen molar-refractivity contribution in [2.75, 3.05) is 7.11 Å². The van der Waals surface area contributed by atoms with Gasteiger partial charge in [0.15, 0.2) is 5.54 Å². The first-order valence-corrected chi connectivity index (χ1v) is 4.34. The van der Waals surface area contributed by atoms with Gasteiger partial charge in [-0.15, -0.1) is 0 Å². The van der Waals surface area contributed by atoms with Crippen LogP contribution in [0.25, 0.3) is 5.57 Å². The lowest BCUT2D eigenvalue weighted by Crippen LogP contribution is -2.37. The Bertz CT molecular complexity index is 397. The van der Waals surface area contributed by atoms with Crippen LogP contribution in [0.15, 0.2) is 36.4 Å². The van der Waals surface area contributed by atoms with Crippen molar-refractivity contribution >= 4 is 11.5 Å². The zero-order valence-corrected chi connectivity index (χ0v) is 7.86. The van der Waals surface area contributed by atoms with Crippen LogP contribution in [0, 0.1) is 0 Å². The minimum Gasteiger partial charge on any atom is -0.467 e. The highest BCUT2D eigenvalue weighted by Crippen LogP contribution is 2.41. The summed E-state index contributed by atoms with van der Waals surface area (Å²) in [7, 11) is 1.34. The van der Waals surface area contributed by atoms with E-state index in [-0.39, 0.29) is 0 Å². The number of hydrogen-bond acceptors (Lipinski definition) is 3. The van der Waals surface area contributed by atoms with Crippen molar-refractivity contribution in [1.82, 2.24) is 0 Å². The van der Waals surface area contributed by atoms with Gasteiger partial charge in [0.25, 0.3) is 0 Å². The molecule has 0 amide bonds. The van der Waals surface area contributed by atoms with E-state index in [0.717, 1.165) is 11.1 Å². The summed E-state index contributed by atoms with van der Waals surface area (Å²) in [5, 5.41) is 0. The summed E-state index contributed by atoms with van der Waals surface area (Å²) in [5.74, 6) is -0.406. The molecular weight excluding hydrogens is 178 g/mol. The molecule has 0 bridgehead atoms. The Hall–Kier alpha value is -1.61. The van der Waals surface area contributed by atoms with E-state index in [0.29, 0.717) is 0 Å². The average Bonchev–Trinajstić information content (AvgIpc) is 2.92. The van der Waals surface area contributed by atoms with E-state index in [9.17, 15) is 4.79 Å². The fourth-order valence-electron chi connectivity index (χ4n) is 1.47. The van der Waals surface area contributed by atoms with Crippen LogP contribution in [0.1, 0.15) is 5.56 Å². The second-order valence-electron chi connectivity index (χ2n) is 3.28. The third-order valence-corrected chi connectivity index (χ3v) is 2.34. The zero-order chi connectivity index (χ0) is 10.2. The highest BCUT2D eigenvalue weighted by atomic mass is 16.5. The second kappa shape index (κ2) is 2.96. The van der Waals surface area contributed by atoms with Crippen LogP contribution < -0.4 is 5.73 Å². The molecule has 2 rings (SSSR count). The molecule has 0 radical (unpaired) electrons. The number of benzene rings is 1. The van der Waals surface area contributed by atoms with Gasteiger partial charge in [0.2, 0.25) is 0 Å². The molecule has 3 nitrogen and oxygen atoms in total. The molecule has 72 valence electrons. The number of esters is 1. The third kappa shape index (κ3) is 1.22. The van der Waals surface area contributed by atoms with E-state index >= 15 is 0 Å². The summed E-state index contributed by atoms with van der Waals surface area (Å²) in [5.41, 5.74) is 6.63. The third-order valence-electron chi connectivity index (χ3n) is 2.34. The topological polar surface area (TPSA) is 52.3 Å². The summed E-state index contributed by atoms with van der Waals surface area (Å²) in [4.78, 5) is 11.3. The lowest BCUT2D eigenvalue weighted by Gasteiger charge is -2.09. The van der Waals surface area contributed by atoms with Crippen molar-refractivity contribution in [3.05, 3.63) is 42.0 Å². The predicted molar refractivity (Wildman–Crippen MR) is 53.4 cm³/mol. The summed E-state index contributed by atoms with van der Waals surface area (Å²) < 4.78 is 4.61. The van der Waals surface area contributed by atoms with Crippen molar-refractivity contribution in [2.24, 2.45) is 5.73 Å². The number of ether oxygens (including phenoxy) is 1. The molecule has 0 spiro atoms. The van der Waals surface area contributed by atoms with Gasteiger partial charge < -0.3 is 10.5 Å². The van der Waals surface area contributed by atoms with Crippen LogP contribution in [0.5, 0.6) is 0 Å². The molecule has 0 fully saturated rings. The normalized spacial score (nSPS) is 24.0. The molecule has 0 saturated heterocycles. The maximum absolute atomic E-state index is 11.3. The number of carbonyl (C=O) groups is 1. The Labute approximate surface area is 82.2 Å². The van der Waals surface area contributed by atoms with Gasteiger partial charge in [0.05, 0.1) is 7.11 Å². The Morgan fingerprint density at radius 1 is 1.36 bits per heavy atom. The molecule has 3 heteroatoms. The van der Waals surface area contributed by atoms with Gasteiger partial charge in [0.1, 0.15) is 0 Å². The fraction of sp³-hybridized carbons (Fsp3) is 0.182. The average molecular weight is 189 g/mol. The standard InChI is InChI=1S/C11H11NO2/c1-14-10(13)11(12)7-9(11)8-5-3-2-4-6-8/h2-7H,12H2,1H3/t11-/m1/s1. The molecule has 1 aromatic rings. The van der Waals surface area contributed by atoms with Crippen molar-refractivity contribution in [1.29, 1.82) is 0 Å². The number of nitrogens with two attached hydrogens (primary N) is 1. The molecule has 0 unspecified atom stereocenters. The highest BCUT2D eigenvalue weighted by Gasteiger charge is 2.49. The van der Waals surface area contributed by atoms with Crippen molar-refractivity contribution in [3.63, 3.8) is 0 Å². The molecular formula is C11H11NO2. The zero-order valence-electron chi connectivity index (χ0n) is 7.86. The van der Waals surface area contributed by atoms with Crippen LogP contribution in [0.4, 0.5) is 0 Å². The SMILES string of the molecule is COC(=O)[C@@]1(N)C=C1c1ccccc1. The highest BCUT2D eigenvalue weighted by molar-refractivity contribution is 6.10.